The standard InChI is InChI=1S/C22H16BrN3O2/c23-16-4-3-5-17(12-16)25-22(27)14-28-18-10-8-15(9-11-18)21-13-24-19-6-1-2-7-20(19)26-21/h1-13H,14H2,(H,25,27). The molecule has 4 rings (SSSR count). The van der Waals surface area contributed by atoms with Crippen LogP contribution in [0.5, 0.6) is 5.75 Å². The number of carbonyl (C=O) groups excluding carboxylic acids is 1. The summed E-state index contributed by atoms with van der Waals surface area (Å²) in [5.74, 6) is 0.393. The number of para-hydroxylation sites is 2. The van der Waals surface area contributed by atoms with Gasteiger partial charge < -0.3 is 10.1 Å². The summed E-state index contributed by atoms with van der Waals surface area (Å²) < 4.78 is 6.47. The van der Waals surface area contributed by atoms with Crippen LogP contribution < -0.4 is 10.1 Å². The molecule has 0 aliphatic carbocycles. The molecular formula is C22H16BrN3O2. The molecule has 1 N–H and O–H groups in total. The zero-order valence-corrected chi connectivity index (χ0v) is 16.4. The number of hydrogen-bond acceptors (Lipinski definition) is 4. The summed E-state index contributed by atoms with van der Waals surface area (Å²) >= 11 is 3.37. The van der Waals surface area contributed by atoms with Crippen LogP contribution in [0.1, 0.15) is 0 Å². The number of halogens is 1. The number of aromatic nitrogens is 2. The van der Waals surface area contributed by atoms with E-state index < -0.39 is 0 Å². The van der Waals surface area contributed by atoms with Crippen LogP contribution in [-0.4, -0.2) is 22.5 Å². The van der Waals surface area contributed by atoms with Crippen LogP contribution in [0.15, 0.2) is 83.5 Å². The molecule has 5 nitrogen and oxygen atoms in total. The molecule has 0 bridgehead atoms. The Morgan fingerprint density at radius 2 is 1.75 bits per heavy atom. The SMILES string of the molecule is O=C(COc1ccc(-c2cnc3ccccc3n2)cc1)Nc1cccc(Br)c1. The van der Waals surface area contributed by atoms with E-state index in [2.05, 4.69) is 31.2 Å². The van der Waals surface area contributed by atoms with Gasteiger partial charge in [-0.2, -0.15) is 0 Å². The van der Waals surface area contributed by atoms with Gasteiger partial charge in [0.05, 0.1) is 22.9 Å². The Hall–Kier alpha value is -3.25. The number of ether oxygens (including phenoxy) is 1. The van der Waals surface area contributed by atoms with Gasteiger partial charge in [0.25, 0.3) is 5.91 Å². The minimum Gasteiger partial charge on any atom is -0.484 e. The van der Waals surface area contributed by atoms with Gasteiger partial charge in [-0.15, -0.1) is 0 Å². The minimum atomic E-state index is -0.220. The molecule has 1 aromatic heterocycles. The highest BCUT2D eigenvalue weighted by molar-refractivity contribution is 9.10. The number of rotatable bonds is 5. The predicted octanol–water partition coefficient (Wildman–Crippen LogP) is 5.08. The van der Waals surface area contributed by atoms with Gasteiger partial charge in [0.2, 0.25) is 0 Å². The lowest BCUT2D eigenvalue weighted by molar-refractivity contribution is -0.118. The third kappa shape index (κ3) is 4.35. The second-order valence-corrected chi connectivity index (χ2v) is 7.03. The summed E-state index contributed by atoms with van der Waals surface area (Å²) in [5, 5.41) is 2.80. The predicted molar refractivity (Wildman–Crippen MR) is 113 cm³/mol. The number of nitrogens with zero attached hydrogens (tertiary/aromatic N) is 2. The number of anilines is 1. The van der Waals surface area contributed by atoms with Crippen molar-refractivity contribution in [2.75, 3.05) is 11.9 Å². The first-order chi connectivity index (χ1) is 13.7. The highest BCUT2D eigenvalue weighted by Crippen LogP contribution is 2.22. The average Bonchev–Trinajstić information content (AvgIpc) is 2.72. The molecule has 3 aromatic carbocycles. The summed E-state index contributed by atoms with van der Waals surface area (Å²) in [6.07, 6.45) is 1.75. The van der Waals surface area contributed by atoms with E-state index in [-0.39, 0.29) is 12.5 Å². The van der Waals surface area contributed by atoms with E-state index in [1.165, 1.54) is 0 Å². The Labute approximate surface area is 170 Å². The van der Waals surface area contributed by atoms with E-state index in [9.17, 15) is 4.79 Å². The molecule has 0 aliphatic heterocycles. The minimum absolute atomic E-state index is 0.0678. The van der Waals surface area contributed by atoms with Gasteiger partial charge in [-0.25, -0.2) is 4.98 Å². The first-order valence-corrected chi connectivity index (χ1v) is 9.47. The fraction of sp³-hybridized carbons (Fsp3) is 0.0455. The zero-order chi connectivity index (χ0) is 19.3. The lowest BCUT2D eigenvalue weighted by Crippen LogP contribution is -2.20. The molecule has 6 heteroatoms. The zero-order valence-electron chi connectivity index (χ0n) is 14.8. The van der Waals surface area contributed by atoms with E-state index in [1.807, 2.05) is 72.8 Å². The molecule has 0 unspecified atom stereocenters. The van der Waals surface area contributed by atoms with Crippen molar-refractivity contribution in [1.82, 2.24) is 9.97 Å². The monoisotopic (exact) mass is 433 g/mol. The van der Waals surface area contributed by atoms with Gasteiger partial charge in [0, 0.05) is 15.7 Å². The molecule has 28 heavy (non-hydrogen) atoms. The van der Waals surface area contributed by atoms with Crippen molar-refractivity contribution in [2.24, 2.45) is 0 Å². The Balaban J connectivity index is 1.39. The number of benzene rings is 3. The molecule has 1 heterocycles. The molecule has 0 saturated carbocycles. The molecule has 0 spiro atoms. The highest BCUT2D eigenvalue weighted by atomic mass is 79.9. The number of carbonyl (C=O) groups is 1. The third-order valence-corrected chi connectivity index (χ3v) is 4.57. The Bertz CT molecular complexity index is 1130. The Morgan fingerprint density at radius 1 is 0.964 bits per heavy atom. The summed E-state index contributed by atoms with van der Waals surface area (Å²) in [6, 6.07) is 22.6. The fourth-order valence-corrected chi connectivity index (χ4v) is 3.13. The Morgan fingerprint density at radius 3 is 2.54 bits per heavy atom. The van der Waals surface area contributed by atoms with Gasteiger partial charge in [-0.05, 0) is 54.6 Å². The van der Waals surface area contributed by atoms with E-state index in [0.717, 1.165) is 26.8 Å². The van der Waals surface area contributed by atoms with Crippen LogP contribution in [0.25, 0.3) is 22.3 Å². The van der Waals surface area contributed by atoms with Gasteiger partial charge >= 0.3 is 0 Å². The molecule has 0 atom stereocenters. The van der Waals surface area contributed by atoms with Crippen LogP contribution >= 0.6 is 15.9 Å². The topological polar surface area (TPSA) is 64.1 Å². The van der Waals surface area contributed by atoms with Crippen LogP contribution in [0.2, 0.25) is 0 Å². The van der Waals surface area contributed by atoms with Gasteiger partial charge in [0.15, 0.2) is 6.61 Å². The summed E-state index contributed by atoms with van der Waals surface area (Å²) in [5.41, 5.74) is 4.15. The summed E-state index contributed by atoms with van der Waals surface area (Å²) in [4.78, 5) is 21.1. The second-order valence-electron chi connectivity index (χ2n) is 6.12. The lowest BCUT2D eigenvalue weighted by Gasteiger charge is -2.09. The Kier molecular flexibility index (Phi) is 5.30. The smallest absolute Gasteiger partial charge is 0.262 e. The fourth-order valence-electron chi connectivity index (χ4n) is 2.73. The summed E-state index contributed by atoms with van der Waals surface area (Å²) in [6.45, 7) is -0.0678. The first kappa shape index (κ1) is 18.1. The van der Waals surface area contributed by atoms with Crippen LogP contribution in [-0.2, 0) is 4.79 Å². The van der Waals surface area contributed by atoms with Gasteiger partial charge in [0.1, 0.15) is 5.75 Å². The quantitative estimate of drug-likeness (QED) is 0.476. The van der Waals surface area contributed by atoms with Crippen molar-refractivity contribution in [1.29, 1.82) is 0 Å². The van der Waals surface area contributed by atoms with Crippen LogP contribution in [0.4, 0.5) is 5.69 Å². The van der Waals surface area contributed by atoms with Crippen molar-refractivity contribution in [3.05, 3.63) is 83.5 Å². The molecule has 138 valence electrons. The normalized spacial score (nSPS) is 10.6. The number of hydrogen-bond donors (Lipinski definition) is 1. The lowest BCUT2D eigenvalue weighted by atomic mass is 10.1. The maximum atomic E-state index is 12.0. The third-order valence-electron chi connectivity index (χ3n) is 4.08. The van der Waals surface area contributed by atoms with Crippen molar-refractivity contribution in [3.8, 4) is 17.0 Å². The maximum absolute atomic E-state index is 12.0. The molecule has 0 saturated heterocycles. The number of amides is 1. The van der Waals surface area contributed by atoms with E-state index in [1.54, 1.807) is 6.20 Å². The highest BCUT2D eigenvalue weighted by Gasteiger charge is 2.06. The van der Waals surface area contributed by atoms with Crippen molar-refractivity contribution < 1.29 is 9.53 Å². The van der Waals surface area contributed by atoms with Gasteiger partial charge in [-0.3, -0.25) is 9.78 Å². The second kappa shape index (κ2) is 8.19. The molecule has 0 fully saturated rings. The van der Waals surface area contributed by atoms with Crippen molar-refractivity contribution in [2.45, 2.75) is 0 Å². The molecule has 0 aliphatic rings. The molecule has 4 aromatic rings. The van der Waals surface area contributed by atoms with Crippen molar-refractivity contribution in [3.63, 3.8) is 0 Å². The van der Waals surface area contributed by atoms with E-state index >= 15 is 0 Å². The molecule has 0 radical (unpaired) electrons. The van der Waals surface area contributed by atoms with E-state index in [4.69, 9.17) is 4.74 Å². The van der Waals surface area contributed by atoms with Crippen molar-refractivity contribution >= 4 is 38.6 Å². The van der Waals surface area contributed by atoms with Gasteiger partial charge in [-0.1, -0.05) is 34.1 Å². The molecule has 1 amide bonds. The largest absolute Gasteiger partial charge is 0.484 e. The first-order valence-electron chi connectivity index (χ1n) is 8.68. The summed E-state index contributed by atoms with van der Waals surface area (Å²) in [7, 11) is 0. The van der Waals surface area contributed by atoms with Crippen LogP contribution in [0.3, 0.4) is 0 Å². The molecular weight excluding hydrogens is 418 g/mol. The average molecular weight is 434 g/mol. The van der Waals surface area contributed by atoms with E-state index in [0.29, 0.717) is 11.4 Å². The number of fused-ring (bicyclic) bond motifs is 1. The van der Waals surface area contributed by atoms with Crippen LogP contribution in [0, 0.1) is 0 Å². The maximum Gasteiger partial charge on any atom is 0.262 e. The number of nitrogens with one attached hydrogen (secondary N) is 1.